The molecule has 30 heavy (non-hydrogen) atoms. The van der Waals surface area contributed by atoms with E-state index in [-0.39, 0.29) is 4.90 Å². The molecule has 0 radical (unpaired) electrons. The number of rotatable bonds is 5. The second-order valence-corrected chi connectivity index (χ2v) is 8.70. The zero-order chi connectivity index (χ0) is 21.9. The zero-order valence-electron chi connectivity index (χ0n) is 16.9. The molecule has 0 saturated heterocycles. The van der Waals surface area contributed by atoms with Crippen LogP contribution in [0.25, 0.3) is 0 Å². The van der Waals surface area contributed by atoms with Gasteiger partial charge in [0.1, 0.15) is 0 Å². The van der Waals surface area contributed by atoms with Gasteiger partial charge in [0.15, 0.2) is 0 Å². The Morgan fingerprint density at radius 3 is 2.40 bits per heavy atom. The first-order valence-electron chi connectivity index (χ1n) is 9.22. The molecule has 0 aliphatic heterocycles. The van der Waals surface area contributed by atoms with Crippen molar-refractivity contribution in [2.45, 2.75) is 25.7 Å². The lowest BCUT2D eigenvalue weighted by molar-refractivity contribution is 0.102. The lowest BCUT2D eigenvalue weighted by Gasteiger charge is -2.14. The van der Waals surface area contributed by atoms with Crippen molar-refractivity contribution in [3.05, 3.63) is 88.5 Å². The van der Waals surface area contributed by atoms with Crippen LogP contribution in [0.4, 0.5) is 11.4 Å². The van der Waals surface area contributed by atoms with Crippen molar-refractivity contribution in [1.82, 2.24) is 0 Å². The third-order valence-corrected chi connectivity index (χ3v) is 6.12. The van der Waals surface area contributed by atoms with E-state index < -0.39 is 15.9 Å². The Bertz CT molecular complexity index is 1280. The highest BCUT2D eigenvalue weighted by molar-refractivity contribution is 7.92. The van der Waals surface area contributed by atoms with Gasteiger partial charge in [0.25, 0.3) is 15.9 Å². The van der Waals surface area contributed by atoms with Crippen LogP contribution in [0.1, 0.15) is 32.6 Å². The maximum absolute atomic E-state index is 13.0. The second kappa shape index (κ2) is 8.39. The van der Waals surface area contributed by atoms with Crippen LogP contribution in [-0.4, -0.2) is 14.3 Å². The van der Waals surface area contributed by atoms with E-state index in [1.54, 1.807) is 43.3 Å². The molecule has 3 rings (SSSR count). The average Bonchev–Trinajstić information content (AvgIpc) is 2.71. The lowest BCUT2D eigenvalue weighted by Crippen LogP contribution is -2.17. The van der Waals surface area contributed by atoms with Crippen LogP contribution in [-0.2, 0) is 10.0 Å². The van der Waals surface area contributed by atoms with Crippen molar-refractivity contribution >= 4 is 27.3 Å². The molecule has 0 unspecified atom stereocenters. The Kier molecular flexibility index (Phi) is 5.90. The Labute approximate surface area is 176 Å². The topological polar surface area (TPSA) is 99.1 Å². The number of hydrogen-bond acceptors (Lipinski definition) is 4. The smallest absolute Gasteiger partial charge is 0.262 e. The van der Waals surface area contributed by atoms with Crippen LogP contribution in [0.2, 0.25) is 0 Å². The van der Waals surface area contributed by atoms with Gasteiger partial charge >= 0.3 is 0 Å². The molecule has 0 heterocycles. The summed E-state index contributed by atoms with van der Waals surface area (Å²) in [7, 11) is -3.86. The predicted molar refractivity (Wildman–Crippen MR) is 117 cm³/mol. The van der Waals surface area contributed by atoms with Crippen LogP contribution >= 0.6 is 0 Å². The summed E-state index contributed by atoms with van der Waals surface area (Å²) in [5, 5.41) is 11.7. The van der Waals surface area contributed by atoms with Crippen LogP contribution in [0.15, 0.2) is 65.6 Å². The first kappa shape index (κ1) is 21.1. The van der Waals surface area contributed by atoms with Gasteiger partial charge in [0.05, 0.1) is 22.2 Å². The molecule has 3 aromatic rings. The van der Waals surface area contributed by atoms with Crippen LogP contribution < -0.4 is 10.0 Å². The van der Waals surface area contributed by atoms with E-state index in [1.165, 1.54) is 12.1 Å². The van der Waals surface area contributed by atoms with Gasteiger partial charge in [-0.05, 0) is 68.3 Å². The predicted octanol–water partition coefficient (Wildman–Crippen LogP) is 4.54. The molecule has 0 bridgehead atoms. The van der Waals surface area contributed by atoms with Gasteiger partial charge in [-0.25, -0.2) is 8.42 Å². The molecule has 0 fully saturated rings. The minimum absolute atomic E-state index is 0.0750. The number of sulfonamides is 1. The molecule has 1 amide bonds. The number of amides is 1. The molecule has 0 atom stereocenters. The maximum atomic E-state index is 13.0. The van der Waals surface area contributed by atoms with Crippen LogP contribution in [0.5, 0.6) is 0 Å². The quantitative estimate of drug-likeness (QED) is 0.634. The molecule has 2 N–H and O–H groups in total. The van der Waals surface area contributed by atoms with Gasteiger partial charge in [0, 0.05) is 11.3 Å². The van der Waals surface area contributed by atoms with Gasteiger partial charge in [-0.3, -0.25) is 9.52 Å². The summed E-state index contributed by atoms with van der Waals surface area (Å²) >= 11 is 0. The number of benzene rings is 3. The average molecular weight is 420 g/mol. The third kappa shape index (κ3) is 4.67. The lowest BCUT2D eigenvalue weighted by atomic mass is 10.1. The number of anilines is 2. The summed E-state index contributed by atoms with van der Waals surface area (Å²) in [6.45, 7) is 5.47. The molecule has 6 nitrogen and oxygen atoms in total. The van der Waals surface area contributed by atoms with E-state index in [0.717, 1.165) is 11.1 Å². The number of carbonyl (C=O) groups is 1. The van der Waals surface area contributed by atoms with Crippen molar-refractivity contribution in [2.75, 3.05) is 10.0 Å². The second-order valence-electron chi connectivity index (χ2n) is 7.05. The van der Waals surface area contributed by atoms with Crippen molar-refractivity contribution in [3.63, 3.8) is 0 Å². The molecular formula is C23H21N3O3S. The van der Waals surface area contributed by atoms with Gasteiger partial charge in [-0.15, -0.1) is 0 Å². The Hall–Kier alpha value is -3.63. The summed E-state index contributed by atoms with van der Waals surface area (Å²) in [4.78, 5) is 12.6. The summed E-state index contributed by atoms with van der Waals surface area (Å²) in [6, 6.07) is 18.4. The Balaban J connectivity index is 1.88. The minimum Gasteiger partial charge on any atom is -0.322 e. The van der Waals surface area contributed by atoms with Crippen molar-refractivity contribution < 1.29 is 13.2 Å². The molecule has 0 aliphatic rings. The number of nitriles is 1. The molecule has 0 aromatic heterocycles. The van der Waals surface area contributed by atoms with Gasteiger partial charge in [-0.2, -0.15) is 5.26 Å². The third-order valence-electron chi connectivity index (χ3n) is 4.62. The summed E-state index contributed by atoms with van der Waals surface area (Å²) in [5.41, 5.74) is 3.93. The zero-order valence-corrected chi connectivity index (χ0v) is 17.7. The van der Waals surface area contributed by atoms with Gasteiger partial charge in [-0.1, -0.05) is 29.8 Å². The highest BCUT2D eigenvalue weighted by Crippen LogP contribution is 2.25. The number of hydrogen-bond donors (Lipinski definition) is 2. The van der Waals surface area contributed by atoms with E-state index in [9.17, 15) is 13.2 Å². The molecular weight excluding hydrogens is 398 g/mol. The fourth-order valence-corrected chi connectivity index (χ4v) is 4.43. The fourth-order valence-electron chi connectivity index (χ4n) is 3.03. The summed E-state index contributed by atoms with van der Waals surface area (Å²) in [5.74, 6) is -0.429. The largest absolute Gasteiger partial charge is 0.322 e. The van der Waals surface area contributed by atoms with Crippen molar-refractivity contribution in [1.29, 1.82) is 5.26 Å². The first-order chi connectivity index (χ1) is 14.2. The fraction of sp³-hybridized carbons (Fsp3) is 0.130. The van der Waals surface area contributed by atoms with Crippen LogP contribution in [0.3, 0.4) is 0 Å². The Morgan fingerprint density at radius 2 is 1.70 bits per heavy atom. The number of nitrogens with one attached hydrogen (secondary N) is 2. The van der Waals surface area contributed by atoms with E-state index in [4.69, 9.17) is 5.26 Å². The number of aryl methyl sites for hydroxylation is 3. The summed E-state index contributed by atoms with van der Waals surface area (Å²) < 4.78 is 28.6. The molecule has 0 saturated carbocycles. The van der Waals surface area contributed by atoms with Crippen LogP contribution in [0, 0.1) is 32.1 Å². The normalized spacial score (nSPS) is 10.9. The molecule has 7 heteroatoms. The maximum Gasteiger partial charge on any atom is 0.262 e. The molecule has 152 valence electrons. The molecule has 0 spiro atoms. The molecule has 0 aliphatic carbocycles. The SMILES string of the molecule is Cc1ccc(NS(=O)(=O)c2cc(NC(=O)c3cccc(C#N)c3)ccc2C)c(C)c1. The van der Waals surface area contributed by atoms with E-state index >= 15 is 0 Å². The van der Waals surface area contributed by atoms with Crippen molar-refractivity contribution in [2.24, 2.45) is 0 Å². The Morgan fingerprint density at radius 1 is 0.933 bits per heavy atom. The van der Waals surface area contributed by atoms with Gasteiger partial charge in [0.2, 0.25) is 0 Å². The monoisotopic (exact) mass is 419 g/mol. The van der Waals surface area contributed by atoms with Gasteiger partial charge < -0.3 is 5.32 Å². The van der Waals surface area contributed by atoms with E-state index in [2.05, 4.69) is 10.0 Å². The number of nitrogens with zero attached hydrogens (tertiary/aromatic N) is 1. The minimum atomic E-state index is -3.86. The van der Waals surface area contributed by atoms with E-state index in [0.29, 0.717) is 28.1 Å². The van der Waals surface area contributed by atoms with E-state index in [1.807, 2.05) is 32.0 Å². The first-order valence-corrected chi connectivity index (χ1v) is 10.7. The summed E-state index contributed by atoms with van der Waals surface area (Å²) in [6.07, 6.45) is 0. The van der Waals surface area contributed by atoms with Crippen molar-refractivity contribution in [3.8, 4) is 6.07 Å². The number of carbonyl (C=O) groups excluding carboxylic acids is 1. The highest BCUT2D eigenvalue weighted by Gasteiger charge is 2.19. The molecule has 3 aromatic carbocycles. The standard InChI is InChI=1S/C23H21N3O3S/c1-15-7-10-21(17(3)11-15)26-30(28,29)22-13-20(9-8-16(22)2)25-23(27)19-6-4-5-18(12-19)14-24/h4-13,26H,1-3H3,(H,25,27). The highest BCUT2D eigenvalue weighted by atomic mass is 32.2.